The van der Waals surface area contributed by atoms with Crippen molar-refractivity contribution in [3.63, 3.8) is 0 Å². The van der Waals surface area contributed by atoms with Gasteiger partial charge in [0.1, 0.15) is 16.8 Å². The number of esters is 3. The second-order valence-corrected chi connectivity index (χ2v) is 18.1. The minimum absolute atomic E-state index is 0.000253. The van der Waals surface area contributed by atoms with Crippen molar-refractivity contribution in [2.75, 3.05) is 59.0 Å². The number of anilines is 1. The predicted octanol–water partition coefficient (Wildman–Crippen LogP) is 2.49. The number of methoxy groups -OCH3 is 3. The molecule has 2 saturated heterocycles. The van der Waals surface area contributed by atoms with Crippen LogP contribution in [0.4, 0.5) is 5.69 Å². The second-order valence-electron chi connectivity index (χ2n) is 18.1. The van der Waals surface area contributed by atoms with Crippen molar-refractivity contribution in [2.24, 2.45) is 11.3 Å². The second kappa shape index (κ2) is 14.4. The first-order valence-electron chi connectivity index (χ1n) is 21.4. The Morgan fingerprint density at radius 2 is 1.74 bits per heavy atom. The number of benzene rings is 2. The highest BCUT2D eigenvalue weighted by atomic mass is 16.6. The average molecular weight is 841 g/mol. The van der Waals surface area contributed by atoms with Crippen LogP contribution in [0.3, 0.4) is 0 Å². The van der Waals surface area contributed by atoms with Crippen LogP contribution in [0.5, 0.6) is 5.75 Å². The molecule has 4 N–H and O–H groups in total. The van der Waals surface area contributed by atoms with Crippen molar-refractivity contribution >= 4 is 40.9 Å². The molecule has 0 radical (unpaired) electrons. The average Bonchev–Trinajstić information content (AvgIpc) is 3.94. The van der Waals surface area contributed by atoms with Gasteiger partial charge in [0.15, 0.2) is 6.10 Å². The van der Waals surface area contributed by atoms with Gasteiger partial charge in [0.05, 0.1) is 39.2 Å². The van der Waals surface area contributed by atoms with E-state index in [1.165, 1.54) is 26.0 Å². The molecular formula is C46H56N4O11. The number of para-hydroxylation sites is 1. The third-order valence-electron chi connectivity index (χ3n) is 15.7. The molecular weight excluding hydrogens is 785 g/mol. The third-order valence-corrected chi connectivity index (χ3v) is 15.7. The third kappa shape index (κ3) is 5.27. The number of nitrogens with one attached hydrogen (secondary N) is 1. The number of H-pyrrole nitrogens is 1. The number of fused-ring (bicyclic) bond motifs is 6. The van der Waals surface area contributed by atoms with Gasteiger partial charge in [-0.2, -0.15) is 0 Å². The summed E-state index contributed by atoms with van der Waals surface area (Å²) in [5.74, 6) is -2.79. The first-order valence-corrected chi connectivity index (χ1v) is 21.4. The molecule has 61 heavy (non-hydrogen) atoms. The largest absolute Gasteiger partial charge is 0.496 e. The quantitative estimate of drug-likeness (QED) is 0.112. The van der Waals surface area contributed by atoms with Crippen LogP contribution in [0.25, 0.3) is 10.9 Å². The lowest BCUT2D eigenvalue weighted by Crippen LogP contribution is -2.81. The highest BCUT2D eigenvalue weighted by Gasteiger charge is 2.81. The number of carbonyl (C=O) groups is 4. The predicted molar refractivity (Wildman–Crippen MR) is 222 cm³/mol. The number of rotatable bonds is 8. The Bertz CT molecular complexity index is 2350. The van der Waals surface area contributed by atoms with E-state index in [0.717, 1.165) is 23.6 Å². The fourth-order valence-corrected chi connectivity index (χ4v) is 13.3. The Morgan fingerprint density at radius 3 is 2.41 bits per heavy atom. The molecule has 3 aromatic rings. The van der Waals surface area contributed by atoms with E-state index < -0.39 is 75.6 Å². The molecule has 15 nitrogen and oxygen atoms in total. The SMILES string of the molecule is CC[C@]1(O)CN2CCc3c([nH]c4ccccc34)[C@@](C(=O)OC)(c3cc4c(cc3OC)N(C=O)[C@@H]3C45CCN4CC=C[C@](CC)([C@H]45)[C@@H](OC(C)=O)[C@]3(O)C(=O)OC)C[C@@H](C2)[C@H]1O. The lowest BCUT2D eigenvalue weighted by Gasteiger charge is -2.63. The maximum Gasteiger partial charge on any atom is 0.344 e. The van der Waals surface area contributed by atoms with E-state index in [1.54, 1.807) is 6.07 Å². The van der Waals surface area contributed by atoms with Crippen molar-refractivity contribution in [1.29, 1.82) is 0 Å². The fourth-order valence-electron chi connectivity index (χ4n) is 13.3. The van der Waals surface area contributed by atoms with Gasteiger partial charge in [-0.05, 0) is 61.9 Å². The van der Waals surface area contributed by atoms with Gasteiger partial charge in [-0.3, -0.25) is 24.2 Å². The summed E-state index contributed by atoms with van der Waals surface area (Å²) in [5, 5.41) is 38.3. The molecule has 6 heterocycles. The molecule has 1 aromatic heterocycles. The molecule has 5 aliphatic heterocycles. The molecule has 1 spiro atoms. The van der Waals surface area contributed by atoms with Crippen LogP contribution in [-0.2, 0) is 50.6 Å². The molecule has 2 unspecified atom stereocenters. The Hall–Kier alpha value is -4.80. The zero-order valence-electron chi connectivity index (χ0n) is 35.6. The van der Waals surface area contributed by atoms with Crippen molar-refractivity contribution < 1.29 is 53.4 Å². The van der Waals surface area contributed by atoms with Gasteiger partial charge >= 0.3 is 17.9 Å². The van der Waals surface area contributed by atoms with Gasteiger partial charge in [-0.25, -0.2) is 4.79 Å². The van der Waals surface area contributed by atoms with E-state index >= 15 is 4.79 Å². The normalized spacial score (nSPS) is 37.3. The lowest BCUT2D eigenvalue weighted by atomic mass is 9.47. The van der Waals surface area contributed by atoms with E-state index in [9.17, 15) is 29.7 Å². The minimum Gasteiger partial charge on any atom is -0.496 e. The van der Waals surface area contributed by atoms with Crippen LogP contribution in [-0.4, -0.2) is 144 Å². The van der Waals surface area contributed by atoms with Crippen LogP contribution in [0, 0.1) is 11.3 Å². The van der Waals surface area contributed by atoms with Crippen molar-refractivity contribution in [1.82, 2.24) is 14.8 Å². The number of ether oxygens (including phenoxy) is 4. The summed E-state index contributed by atoms with van der Waals surface area (Å²) >= 11 is 0. The van der Waals surface area contributed by atoms with Gasteiger partial charge in [-0.1, -0.05) is 44.2 Å². The van der Waals surface area contributed by atoms with Crippen LogP contribution >= 0.6 is 0 Å². The molecule has 15 heteroatoms. The zero-order valence-corrected chi connectivity index (χ0v) is 35.6. The number of aliphatic hydroxyl groups is 3. The number of aliphatic hydroxyl groups excluding tert-OH is 1. The number of nitrogens with zero attached hydrogens (tertiary/aromatic N) is 3. The Kier molecular flexibility index (Phi) is 9.79. The number of carbonyl (C=O) groups excluding carboxylic acids is 4. The van der Waals surface area contributed by atoms with Crippen molar-refractivity contribution in [2.45, 2.75) is 99.2 Å². The summed E-state index contributed by atoms with van der Waals surface area (Å²) in [6.07, 6.45) is 3.36. The summed E-state index contributed by atoms with van der Waals surface area (Å²) in [4.78, 5) is 65.9. The van der Waals surface area contributed by atoms with Gasteiger partial charge in [0, 0.05) is 84.1 Å². The summed E-state index contributed by atoms with van der Waals surface area (Å²) in [6, 6.07) is 9.58. The van der Waals surface area contributed by atoms with E-state index in [1.807, 2.05) is 56.3 Å². The smallest absolute Gasteiger partial charge is 0.344 e. The Labute approximate surface area is 354 Å². The highest BCUT2D eigenvalue weighted by molar-refractivity contribution is 5.96. The van der Waals surface area contributed by atoms with Gasteiger partial charge in [0.25, 0.3) is 0 Å². The van der Waals surface area contributed by atoms with E-state index in [4.69, 9.17) is 18.9 Å². The van der Waals surface area contributed by atoms with E-state index in [0.29, 0.717) is 74.4 Å². The first kappa shape index (κ1) is 41.5. The summed E-state index contributed by atoms with van der Waals surface area (Å²) in [7, 11) is 3.96. The maximum absolute atomic E-state index is 15.3. The zero-order chi connectivity index (χ0) is 43.4. The molecule has 1 aliphatic carbocycles. The van der Waals surface area contributed by atoms with Gasteiger partial charge in [0.2, 0.25) is 12.0 Å². The molecule has 2 aromatic carbocycles. The number of hydrogen-bond acceptors (Lipinski definition) is 13. The molecule has 326 valence electrons. The van der Waals surface area contributed by atoms with Crippen LogP contribution in [0.1, 0.15) is 68.8 Å². The number of aromatic amines is 1. The lowest BCUT2D eigenvalue weighted by molar-refractivity contribution is -0.228. The van der Waals surface area contributed by atoms with Crippen LogP contribution in [0.15, 0.2) is 48.6 Å². The molecule has 6 aliphatic rings. The maximum atomic E-state index is 15.3. The van der Waals surface area contributed by atoms with Crippen LogP contribution < -0.4 is 9.64 Å². The Morgan fingerprint density at radius 1 is 0.984 bits per heavy atom. The molecule has 3 fully saturated rings. The van der Waals surface area contributed by atoms with Crippen molar-refractivity contribution in [3.05, 3.63) is 70.9 Å². The Balaban J connectivity index is 1.39. The van der Waals surface area contributed by atoms with Gasteiger partial charge in [-0.15, -0.1) is 0 Å². The minimum atomic E-state index is -2.57. The summed E-state index contributed by atoms with van der Waals surface area (Å²) in [5.41, 5.74) is -4.44. The highest BCUT2D eigenvalue weighted by Crippen LogP contribution is 2.68. The van der Waals surface area contributed by atoms with Gasteiger partial charge < -0.3 is 44.2 Å². The fraction of sp³-hybridized carbons (Fsp3) is 0.565. The number of piperidine rings is 1. The molecule has 11 atom stereocenters. The molecule has 2 bridgehead atoms. The van der Waals surface area contributed by atoms with Crippen LogP contribution in [0.2, 0.25) is 0 Å². The molecule has 1 amide bonds. The molecule has 9 rings (SSSR count). The number of amides is 1. The first-order chi connectivity index (χ1) is 29.2. The number of hydrogen-bond donors (Lipinski definition) is 4. The summed E-state index contributed by atoms with van der Waals surface area (Å²) < 4.78 is 23.6. The topological polar surface area (TPSA) is 191 Å². The monoisotopic (exact) mass is 840 g/mol. The summed E-state index contributed by atoms with van der Waals surface area (Å²) in [6.45, 7) is 7.26. The van der Waals surface area contributed by atoms with E-state index in [-0.39, 0.29) is 25.1 Å². The number of aromatic nitrogens is 1. The van der Waals surface area contributed by atoms with Crippen molar-refractivity contribution in [3.8, 4) is 5.75 Å². The van der Waals surface area contributed by atoms with E-state index in [2.05, 4.69) is 14.8 Å². The molecule has 1 saturated carbocycles. The standard InChI is InChI=1S/C46H56N4O11/c1-7-42-15-11-17-49-19-16-44(37(42)49)30-20-31(34(58-4)21-33(30)50(25-51)38(44)46(57,41(55)60-6)39(42)61-26(3)52)45(40(54)59-5)22-27-23-48(24-43(56,8-2)36(27)53)18-14-29-28-12-9-10-13-32(28)47-35(29)45/h9-13,15,20-21,25,27,36-39,47,53,56-57H,7-8,14,16-19,22-24H2,1-6H3/t27-,36+,37-,38+,39+,42+,43-,44?,45-,46-/m0/s1.